The molecule has 18 heavy (non-hydrogen) atoms. The normalized spacial score (nSPS) is 20.3. The van der Waals surface area contributed by atoms with E-state index >= 15 is 0 Å². The number of likely N-dealkylation sites (tertiary alicyclic amines) is 1. The summed E-state index contributed by atoms with van der Waals surface area (Å²) in [6, 6.07) is 6.02. The molecular weight excluding hydrogens is 222 g/mol. The smallest absolute Gasteiger partial charge is 0.176 e. The zero-order valence-electron chi connectivity index (χ0n) is 11.7. The maximum absolute atomic E-state index is 12.2. The van der Waals surface area contributed by atoms with Gasteiger partial charge in [0.25, 0.3) is 0 Å². The Morgan fingerprint density at radius 1 is 1.33 bits per heavy atom. The summed E-state index contributed by atoms with van der Waals surface area (Å²) < 4.78 is 0. The van der Waals surface area contributed by atoms with E-state index in [1.54, 1.807) is 0 Å². The summed E-state index contributed by atoms with van der Waals surface area (Å²) in [5.41, 5.74) is 3.31. The number of Topliss-reactive ketones (excluding diaryl/α,β-unsaturated/α-hetero) is 1. The van der Waals surface area contributed by atoms with Gasteiger partial charge in [0, 0.05) is 12.1 Å². The number of ketones is 1. The van der Waals surface area contributed by atoms with Gasteiger partial charge in [-0.3, -0.25) is 9.69 Å². The number of hydrogen-bond donors (Lipinski definition) is 0. The molecule has 1 saturated heterocycles. The van der Waals surface area contributed by atoms with Gasteiger partial charge in [-0.1, -0.05) is 25.5 Å². The molecule has 1 unspecified atom stereocenters. The maximum atomic E-state index is 12.2. The average molecular weight is 245 g/mol. The summed E-state index contributed by atoms with van der Waals surface area (Å²) in [4.78, 5) is 14.5. The minimum Gasteiger partial charge on any atom is -0.296 e. The van der Waals surface area contributed by atoms with Crippen molar-refractivity contribution < 1.29 is 4.79 Å². The van der Waals surface area contributed by atoms with E-state index in [0.29, 0.717) is 6.54 Å². The molecule has 1 aliphatic rings. The summed E-state index contributed by atoms with van der Waals surface area (Å²) in [5, 5.41) is 0. The van der Waals surface area contributed by atoms with Gasteiger partial charge in [-0.15, -0.1) is 0 Å². The van der Waals surface area contributed by atoms with Crippen molar-refractivity contribution in [3.63, 3.8) is 0 Å². The molecule has 0 aliphatic carbocycles. The van der Waals surface area contributed by atoms with E-state index in [0.717, 1.165) is 24.6 Å². The standard InChI is InChI=1S/C16H23NO/c1-4-14-7-8-17(10-14)11-16(18)15-6-5-12(2)13(3)9-15/h5-6,9,14H,4,7-8,10-11H2,1-3H3. The summed E-state index contributed by atoms with van der Waals surface area (Å²) in [7, 11) is 0. The molecule has 1 heterocycles. The molecule has 2 rings (SSSR count). The molecule has 98 valence electrons. The van der Waals surface area contributed by atoms with Gasteiger partial charge in [-0.05, 0) is 49.9 Å². The van der Waals surface area contributed by atoms with Gasteiger partial charge in [0.05, 0.1) is 6.54 Å². The predicted octanol–water partition coefficient (Wildman–Crippen LogP) is 3.22. The van der Waals surface area contributed by atoms with Crippen molar-refractivity contribution in [2.24, 2.45) is 5.92 Å². The fraction of sp³-hybridized carbons (Fsp3) is 0.562. The minimum absolute atomic E-state index is 0.259. The summed E-state index contributed by atoms with van der Waals surface area (Å²) in [5.74, 6) is 1.05. The number of aryl methyl sites for hydroxylation is 2. The van der Waals surface area contributed by atoms with Gasteiger partial charge in [-0.2, -0.15) is 0 Å². The van der Waals surface area contributed by atoms with Crippen molar-refractivity contribution in [2.75, 3.05) is 19.6 Å². The van der Waals surface area contributed by atoms with Crippen LogP contribution in [0.15, 0.2) is 18.2 Å². The molecule has 0 spiro atoms. The van der Waals surface area contributed by atoms with Gasteiger partial charge in [0.1, 0.15) is 0 Å². The lowest BCUT2D eigenvalue weighted by atomic mass is 10.0. The zero-order chi connectivity index (χ0) is 13.1. The molecule has 0 radical (unpaired) electrons. The van der Waals surface area contributed by atoms with Gasteiger partial charge in [0.2, 0.25) is 0 Å². The molecule has 0 N–H and O–H groups in total. The lowest BCUT2D eigenvalue weighted by molar-refractivity contribution is 0.0943. The second-order valence-electron chi connectivity index (χ2n) is 5.52. The van der Waals surface area contributed by atoms with Crippen molar-refractivity contribution in [1.29, 1.82) is 0 Å². The first kappa shape index (κ1) is 13.3. The van der Waals surface area contributed by atoms with Gasteiger partial charge >= 0.3 is 0 Å². The molecule has 0 aromatic heterocycles. The third-order valence-electron chi connectivity index (χ3n) is 4.14. The van der Waals surface area contributed by atoms with Crippen LogP contribution in [0.2, 0.25) is 0 Å². The van der Waals surface area contributed by atoms with E-state index in [9.17, 15) is 4.79 Å². The molecule has 2 nitrogen and oxygen atoms in total. The zero-order valence-corrected chi connectivity index (χ0v) is 11.7. The number of carbonyl (C=O) groups excluding carboxylic acids is 1. The van der Waals surface area contributed by atoms with E-state index in [2.05, 4.69) is 25.7 Å². The van der Waals surface area contributed by atoms with E-state index in [1.807, 2.05) is 18.2 Å². The van der Waals surface area contributed by atoms with Crippen LogP contribution in [0.3, 0.4) is 0 Å². The highest BCUT2D eigenvalue weighted by Gasteiger charge is 2.22. The van der Waals surface area contributed by atoms with E-state index in [-0.39, 0.29) is 5.78 Å². The van der Waals surface area contributed by atoms with Crippen molar-refractivity contribution in [1.82, 2.24) is 4.90 Å². The first-order chi connectivity index (χ1) is 8.60. The van der Waals surface area contributed by atoms with Crippen LogP contribution in [-0.4, -0.2) is 30.3 Å². The summed E-state index contributed by atoms with van der Waals surface area (Å²) in [6.07, 6.45) is 2.48. The third-order valence-corrected chi connectivity index (χ3v) is 4.14. The predicted molar refractivity (Wildman–Crippen MR) is 75.1 cm³/mol. The Hall–Kier alpha value is -1.15. The van der Waals surface area contributed by atoms with Crippen molar-refractivity contribution in [3.8, 4) is 0 Å². The largest absolute Gasteiger partial charge is 0.296 e. The van der Waals surface area contributed by atoms with Crippen molar-refractivity contribution >= 4 is 5.78 Å². The Bertz CT molecular complexity index is 439. The van der Waals surface area contributed by atoms with E-state index in [4.69, 9.17) is 0 Å². The molecule has 1 fully saturated rings. The number of rotatable bonds is 4. The molecule has 0 amide bonds. The number of hydrogen-bond acceptors (Lipinski definition) is 2. The Kier molecular flexibility index (Phi) is 4.18. The molecule has 1 aromatic carbocycles. The average Bonchev–Trinajstić information content (AvgIpc) is 2.80. The van der Waals surface area contributed by atoms with E-state index < -0.39 is 0 Å². The van der Waals surface area contributed by atoms with Crippen molar-refractivity contribution in [2.45, 2.75) is 33.6 Å². The molecule has 1 atom stereocenters. The highest BCUT2D eigenvalue weighted by Crippen LogP contribution is 2.19. The molecule has 0 saturated carbocycles. The van der Waals surface area contributed by atoms with Gasteiger partial charge < -0.3 is 0 Å². The second-order valence-corrected chi connectivity index (χ2v) is 5.52. The third kappa shape index (κ3) is 2.99. The summed E-state index contributed by atoms with van der Waals surface area (Å²) in [6.45, 7) is 9.13. The van der Waals surface area contributed by atoms with Gasteiger partial charge in [0.15, 0.2) is 5.78 Å². The monoisotopic (exact) mass is 245 g/mol. The minimum atomic E-state index is 0.259. The Balaban J connectivity index is 1.97. The molecular formula is C16H23NO. The Morgan fingerprint density at radius 2 is 2.11 bits per heavy atom. The second kappa shape index (κ2) is 5.66. The van der Waals surface area contributed by atoms with Gasteiger partial charge in [-0.25, -0.2) is 0 Å². The molecule has 1 aromatic rings. The van der Waals surface area contributed by atoms with Crippen molar-refractivity contribution in [3.05, 3.63) is 34.9 Å². The van der Waals surface area contributed by atoms with Crippen LogP contribution in [0.25, 0.3) is 0 Å². The topological polar surface area (TPSA) is 20.3 Å². The quantitative estimate of drug-likeness (QED) is 0.759. The first-order valence-corrected chi connectivity index (χ1v) is 6.93. The Morgan fingerprint density at radius 3 is 2.72 bits per heavy atom. The lowest BCUT2D eigenvalue weighted by Gasteiger charge is -2.15. The molecule has 0 bridgehead atoms. The van der Waals surface area contributed by atoms with Crippen LogP contribution < -0.4 is 0 Å². The molecule has 1 aliphatic heterocycles. The van der Waals surface area contributed by atoms with Crippen LogP contribution >= 0.6 is 0 Å². The number of nitrogens with zero attached hydrogens (tertiary/aromatic N) is 1. The highest BCUT2D eigenvalue weighted by atomic mass is 16.1. The fourth-order valence-electron chi connectivity index (χ4n) is 2.60. The summed E-state index contributed by atoms with van der Waals surface area (Å²) >= 11 is 0. The van der Waals surface area contributed by atoms with Crippen LogP contribution in [-0.2, 0) is 0 Å². The SMILES string of the molecule is CCC1CCN(CC(=O)c2ccc(C)c(C)c2)C1. The molecule has 2 heteroatoms. The number of benzene rings is 1. The fourth-order valence-corrected chi connectivity index (χ4v) is 2.60. The first-order valence-electron chi connectivity index (χ1n) is 6.93. The van der Waals surface area contributed by atoms with E-state index in [1.165, 1.54) is 24.0 Å². The maximum Gasteiger partial charge on any atom is 0.176 e. The Labute approximate surface area is 110 Å². The van der Waals surface area contributed by atoms with Crippen LogP contribution in [0.5, 0.6) is 0 Å². The van der Waals surface area contributed by atoms with Crippen LogP contribution in [0.1, 0.15) is 41.3 Å². The highest BCUT2D eigenvalue weighted by molar-refractivity contribution is 5.97. The van der Waals surface area contributed by atoms with Crippen LogP contribution in [0.4, 0.5) is 0 Å². The number of carbonyl (C=O) groups is 1. The lowest BCUT2D eigenvalue weighted by Crippen LogP contribution is -2.27. The van der Waals surface area contributed by atoms with Crippen LogP contribution in [0, 0.1) is 19.8 Å².